The van der Waals surface area contributed by atoms with E-state index in [-0.39, 0.29) is 17.1 Å². The minimum absolute atomic E-state index is 0.155. The van der Waals surface area contributed by atoms with Gasteiger partial charge in [0.2, 0.25) is 6.29 Å². The lowest BCUT2D eigenvalue weighted by atomic mass is 9.86. The van der Waals surface area contributed by atoms with Gasteiger partial charge in [0, 0.05) is 5.56 Å². The quantitative estimate of drug-likeness (QED) is 0.655. The fourth-order valence-corrected chi connectivity index (χ4v) is 3.58. The second kappa shape index (κ2) is 5.97. The lowest BCUT2D eigenvalue weighted by Crippen LogP contribution is -2.34. The number of aromatic hydroxyl groups is 1. The van der Waals surface area contributed by atoms with Crippen LogP contribution in [-0.4, -0.2) is 34.0 Å². The first-order chi connectivity index (χ1) is 12.4. The molecular weight excluding hydrogens is 332 g/mol. The highest BCUT2D eigenvalue weighted by Crippen LogP contribution is 2.53. The van der Waals surface area contributed by atoms with Crippen molar-refractivity contribution in [2.75, 3.05) is 0 Å². The molecule has 4 rings (SSSR count). The topological polar surface area (TPSA) is 76.0 Å². The van der Waals surface area contributed by atoms with Crippen LogP contribution in [0.4, 0.5) is 0 Å². The molecule has 0 saturated carbocycles. The smallest absolute Gasteiger partial charge is 0.210 e. The SMILES string of the molecule is CC1(C)OC2Oc3ccc(C(=O)/C=C/c4ccccc4)c(O)c3[C@H]2[C@@H]1O. The normalized spacial score (nSPS) is 25.7. The Balaban J connectivity index is 1.67. The van der Waals surface area contributed by atoms with Crippen LogP contribution in [0.3, 0.4) is 0 Å². The van der Waals surface area contributed by atoms with E-state index in [1.807, 2.05) is 30.3 Å². The van der Waals surface area contributed by atoms with Crippen LogP contribution in [0.5, 0.6) is 11.5 Å². The number of hydrogen-bond donors (Lipinski definition) is 2. The van der Waals surface area contributed by atoms with Crippen molar-refractivity contribution >= 4 is 11.9 Å². The van der Waals surface area contributed by atoms with E-state index in [0.29, 0.717) is 11.3 Å². The number of fused-ring (bicyclic) bond motifs is 3. The van der Waals surface area contributed by atoms with E-state index in [2.05, 4.69) is 0 Å². The summed E-state index contributed by atoms with van der Waals surface area (Å²) in [4.78, 5) is 12.6. The van der Waals surface area contributed by atoms with Crippen molar-refractivity contribution in [1.29, 1.82) is 0 Å². The van der Waals surface area contributed by atoms with Gasteiger partial charge in [0.05, 0.1) is 23.2 Å². The fourth-order valence-electron chi connectivity index (χ4n) is 3.58. The molecule has 0 radical (unpaired) electrons. The molecule has 1 saturated heterocycles. The zero-order valence-corrected chi connectivity index (χ0v) is 14.5. The first-order valence-electron chi connectivity index (χ1n) is 8.54. The third-order valence-corrected chi connectivity index (χ3v) is 5.01. The largest absolute Gasteiger partial charge is 0.507 e. The van der Waals surface area contributed by atoms with Crippen LogP contribution in [0.25, 0.3) is 6.08 Å². The van der Waals surface area contributed by atoms with Gasteiger partial charge in [-0.3, -0.25) is 4.79 Å². The van der Waals surface area contributed by atoms with E-state index < -0.39 is 23.9 Å². The van der Waals surface area contributed by atoms with E-state index in [1.54, 1.807) is 26.0 Å². The van der Waals surface area contributed by atoms with E-state index >= 15 is 0 Å². The Bertz CT molecular complexity index is 885. The minimum atomic E-state index is -0.843. The molecule has 2 aromatic carbocycles. The number of phenolic OH excluding ortho intramolecular Hbond substituents is 1. The molecule has 26 heavy (non-hydrogen) atoms. The number of hydrogen-bond acceptors (Lipinski definition) is 5. The van der Waals surface area contributed by atoms with Gasteiger partial charge in [0.25, 0.3) is 0 Å². The molecule has 0 spiro atoms. The first-order valence-corrected chi connectivity index (χ1v) is 8.54. The van der Waals surface area contributed by atoms with Crippen molar-refractivity contribution < 1.29 is 24.5 Å². The molecule has 2 heterocycles. The summed E-state index contributed by atoms with van der Waals surface area (Å²) in [6.07, 6.45) is 1.62. The first kappa shape index (κ1) is 16.8. The molecule has 2 aliphatic heterocycles. The maximum atomic E-state index is 12.6. The minimum Gasteiger partial charge on any atom is -0.507 e. The van der Waals surface area contributed by atoms with Crippen LogP contribution >= 0.6 is 0 Å². The second-order valence-electron chi connectivity index (χ2n) is 7.16. The Morgan fingerprint density at radius 3 is 2.62 bits per heavy atom. The highest BCUT2D eigenvalue weighted by Gasteiger charge is 2.56. The van der Waals surface area contributed by atoms with Gasteiger partial charge in [-0.15, -0.1) is 0 Å². The Hall–Kier alpha value is -2.63. The molecule has 3 atom stereocenters. The van der Waals surface area contributed by atoms with Crippen LogP contribution in [-0.2, 0) is 4.74 Å². The number of ketones is 1. The number of rotatable bonds is 3. The molecule has 0 bridgehead atoms. The fraction of sp³-hybridized carbons (Fsp3) is 0.286. The Morgan fingerprint density at radius 1 is 1.15 bits per heavy atom. The van der Waals surface area contributed by atoms with E-state index in [0.717, 1.165) is 5.56 Å². The third kappa shape index (κ3) is 2.60. The molecule has 134 valence electrons. The summed E-state index contributed by atoms with van der Waals surface area (Å²) in [5, 5.41) is 21.3. The maximum Gasteiger partial charge on any atom is 0.210 e. The Kier molecular flexibility index (Phi) is 3.86. The number of phenols is 1. The average Bonchev–Trinajstić information content (AvgIpc) is 3.07. The Morgan fingerprint density at radius 2 is 1.88 bits per heavy atom. The monoisotopic (exact) mass is 352 g/mol. The second-order valence-corrected chi connectivity index (χ2v) is 7.16. The summed E-state index contributed by atoms with van der Waals surface area (Å²) < 4.78 is 11.5. The number of carbonyl (C=O) groups is 1. The summed E-state index contributed by atoms with van der Waals surface area (Å²) in [6, 6.07) is 12.6. The van der Waals surface area contributed by atoms with Gasteiger partial charge in [-0.25, -0.2) is 0 Å². The molecule has 0 aromatic heterocycles. The highest BCUT2D eigenvalue weighted by atomic mass is 16.7. The number of ether oxygens (including phenoxy) is 2. The Labute approximate surface area is 151 Å². The van der Waals surface area contributed by atoms with Crippen molar-refractivity contribution in [3.8, 4) is 11.5 Å². The van der Waals surface area contributed by atoms with Crippen LogP contribution < -0.4 is 4.74 Å². The van der Waals surface area contributed by atoms with E-state index in [1.165, 1.54) is 12.1 Å². The molecule has 1 unspecified atom stereocenters. The molecule has 2 aromatic rings. The van der Waals surface area contributed by atoms with Crippen molar-refractivity contribution in [1.82, 2.24) is 0 Å². The van der Waals surface area contributed by atoms with Gasteiger partial charge >= 0.3 is 0 Å². The molecule has 5 heteroatoms. The number of aliphatic hydroxyl groups excluding tert-OH is 1. The van der Waals surface area contributed by atoms with Gasteiger partial charge in [-0.1, -0.05) is 36.4 Å². The van der Waals surface area contributed by atoms with Crippen LogP contribution in [0, 0.1) is 0 Å². The van der Waals surface area contributed by atoms with Crippen molar-refractivity contribution in [3.63, 3.8) is 0 Å². The molecule has 0 aliphatic carbocycles. The lowest BCUT2D eigenvalue weighted by Gasteiger charge is -2.24. The predicted molar refractivity (Wildman–Crippen MR) is 96.2 cm³/mol. The highest BCUT2D eigenvalue weighted by molar-refractivity contribution is 6.09. The number of allylic oxidation sites excluding steroid dienone is 1. The number of carbonyl (C=O) groups excluding carboxylic acids is 1. The van der Waals surface area contributed by atoms with Crippen LogP contribution in [0.1, 0.15) is 41.3 Å². The summed E-state index contributed by atoms with van der Waals surface area (Å²) in [5.41, 5.74) is 0.725. The maximum absolute atomic E-state index is 12.6. The molecule has 5 nitrogen and oxygen atoms in total. The van der Waals surface area contributed by atoms with Gasteiger partial charge in [0.15, 0.2) is 5.78 Å². The van der Waals surface area contributed by atoms with Gasteiger partial charge in [-0.2, -0.15) is 0 Å². The molecule has 0 amide bonds. The third-order valence-electron chi connectivity index (χ3n) is 5.01. The summed E-state index contributed by atoms with van der Waals surface area (Å²) in [5.74, 6) is -0.551. The van der Waals surface area contributed by atoms with Crippen molar-refractivity contribution in [2.45, 2.75) is 37.8 Å². The van der Waals surface area contributed by atoms with Crippen molar-refractivity contribution in [2.24, 2.45) is 0 Å². The summed E-state index contributed by atoms with van der Waals surface area (Å²) >= 11 is 0. The zero-order chi connectivity index (χ0) is 18.5. The lowest BCUT2D eigenvalue weighted by molar-refractivity contribution is -0.118. The van der Waals surface area contributed by atoms with Crippen LogP contribution in [0.2, 0.25) is 0 Å². The standard InChI is InChI=1S/C21H20O5/c1-21(2)19(24)17-16-15(25-20(17)26-21)11-9-13(18(16)23)14(22)10-8-12-6-4-3-5-7-12/h3-11,17,19-20,23-24H,1-2H3/b10-8+/t17-,19-,20?/m0/s1. The van der Waals surface area contributed by atoms with Crippen molar-refractivity contribution in [3.05, 3.63) is 65.2 Å². The number of benzene rings is 2. The van der Waals surface area contributed by atoms with Gasteiger partial charge in [-0.05, 0) is 37.6 Å². The predicted octanol–water partition coefficient (Wildman–Crippen LogP) is 3.26. The zero-order valence-electron chi connectivity index (χ0n) is 14.5. The molecular formula is C21H20O5. The van der Waals surface area contributed by atoms with Gasteiger partial charge in [0.1, 0.15) is 11.5 Å². The van der Waals surface area contributed by atoms with E-state index in [4.69, 9.17) is 9.47 Å². The molecule has 2 N–H and O–H groups in total. The average molecular weight is 352 g/mol. The van der Waals surface area contributed by atoms with Crippen LogP contribution in [0.15, 0.2) is 48.5 Å². The summed E-state index contributed by atoms with van der Waals surface area (Å²) in [6.45, 7) is 3.54. The summed E-state index contributed by atoms with van der Waals surface area (Å²) in [7, 11) is 0. The molecule has 1 fully saturated rings. The number of aliphatic hydroxyl groups is 1. The molecule has 2 aliphatic rings. The van der Waals surface area contributed by atoms with E-state index in [9.17, 15) is 15.0 Å². The van der Waals surface area contributed by atoms with Gasteiger partial charge < -0.3 is 19.7 Å².